The van der Waals surface area contributed by atoms with E-state index in [0.29, 0.717) is 10.0 Å². The Kier molecular flexibility index (Phi) is 3.60. The molecule has 0 radical (unpaired) electrons. The molecule has 3 nitrogen and oxygen atoms in total. The molecule has 0 aromatic heterocycles. The maximum Gasteiger partial charge on any atom is 0.320 e. The van der Waals surface area contributed by atoms with Crippen molar-refractivity contribution in [2.45, 2.75) is 12.5 Å². The predicted molar refractivity (Wildman–Crippen MR) is 53.4 cm³/mol. The van der Waals surface area contributed by atoms with E-state index in [1.54, 1.807) is 6.07 Å². The highest BCUT2D eigenvalue weighted by Gasteiger charge is 2.16. The highest BCUT2D eigenvalue weighted by Crippen LogP contribution is 2.20. The van der Waals surface area contributed by atoms with Crippen LogP contribution in [-0.2, 0) is 11.2 Å². The van der Waals surface area contributed by atoms with Crippen LogP contribution < -0.4 is 5.73 Å². The van der Waals surface area contributed by atoms with E-state index < -0.39 is 17.8 Å². The first-order valence-corrected chi connectivity index (χ1v) is 4.73. The number of benzene rings is 1. The van der Waals surface area contributed by atoms with E-state index in [-0.39, 0.29) is 6.42 Å². The Balaban J connectivity index is 2.91. The Bertz CT molecular complexity index is 336. The van der Waals surface area contributed by atoms with Crippen molar-refractivity contribution >= 4 is 21.9 Å². The molecule has 0 heterocycles. The van der Waals surface area contributed by atoms with Crippen molar-refractivity contribution in [3.8, 4) is 0 Å². The third-order valence-corrected chi connectivity index (χ3v) is 2.55. The van der Waals surface area contributed by atoms with Gasteiger partial charge < -0.3 is 10.8 Å². The molecular formula is C9H9BrFNO2. The van der Waals surface area contributed by atoms with E-state index >= 15 is 0 Å². The van der Waals surface area contributed by atoms with E-state index in [4.69, 9.17) is 10.8 Å². The number of hydrogen-bond donors (Lipinski definition) is 2. The van der Waals surface area contributed by atoms with Gasteiger partial charge in [0.25, 0.3) is 0 Å². The number of hydrogen-bond acceptors (Lipinski definition) is 2. The summed E-state index contributed by atoms with van der Waals surface area (Å²) in [6.07, 6.45) is -0.0252. The zero-order chi connectivity index (χ0) is 10.7. The summed E-state index contributed by atoms with van der Waals surface area (Å²) in [6.45, 7) is 0. The van der Waals surface area contributed by atoms with Crippen molar-refractivity contribution in [3.05, 3.63) is 34.1 Å². The van der Waals surface area contributed by atoms with Crippen molar-refractivity contribution in [3.63, 3.8) is 0 Å². The largest absolute Gasteiger partial charge is 0.480 e. The monoisotopic (exact) mass is 261 g/mol. The molecule has 0 bridgehead atoms. The van der Waals surface area contributed by atoms with Gasteiger partial charge in [-0.2, -0.15) is 0 Å². The van der Waals surface area contributed by atoms with Crippen LogP contribution in [0.15, 0.2) is 22.7 Å². The van der Waals surface area contributed by atoms with Crippen LogP contribution >= 0.6 is 15.9 Å². The van der Waals surface area contributed by atoms with Gasteiger partial charge in [0.2, 0.25) is 0 Å². The van der Waals surface area contributed by atoms with Crippen molar-refractivity contribution < 1.29 is 14.3 Å². The minimum Gasteiger partial charge on any atom is -0.480 e. The summed E-state index contributed by atoms with van der Waals surface area (Å²) in [6, 6.07) is 3.37. The molecular weight excluding hydrogens is 253 g/mol. The molecule has 3 N–H and O–H groups in total. The number of carboxylic acids is 1. The molecule has 14 heavy (non-hydrogen) atoms. The summed E-state index contributed by atoms with van der Waals surface area (Å²) in [7, 11) is 0. The molecule has 1 aromatic rings. The smallest absolute Gasteiger partial charge is 0.320 e. The molecule has 1 aromatic carbocycles. The van der Waals surface area contributed by atoms with Crippen molar-refractivity contribution in [1.29, 1.82) is 0 Å². The molecule has 5 heteroatoms. The van der Waals surface area contributed by atoms with Crippen LogP contribution in [0, 0.1) is 5.82 Å². The highest BCUT2D eigenvalue weighted by molar-refractivity contribution is 9.10. The number of halogens is 2. The first-order chi connectivity index (χ1) is 6.52. The van der Waals surface area contributed by atoms with E-state index in [9.17, 15) is 9.18 Å². The fourth-order valence-electron chi connectivity index (χ4n) is 1.03. The van der Waals surface area contributed by atoms with Gasteiger partial charge in [-0.3, -0.25) is 4.79 Å². The standard InChI is InChI=1S/C9H9BrFNO2/c10-6-2-1-3-7(11)5(6)4-8(12)9(13)14/h1-3,8H,4,12H2,(H,13,14)/t8-/m0/s1. The molecule has 0 aliphatic heterocycles. The second kappa shape index (κ2) is 4.52. The fourth-order valence-corrected chi connectivity index (χ4v) is 1.54. The fraction of sp³-hybridized carbons (Fsp3) is 0.222. The van der Waals surface area contributed by atoms with Gasteiger partial charge in [-0.15, -0.1) is 0 Å². The maximum atomic E-state index is 13.2. The highest BCUT2D eigenvalue weighted by atomic mass is 79.9. The molecule has 0 saturated heterocycles. The van der Waals surface area contributed by atoms with Gasteiger partial charge in [0.05, 0.1) is 0 Å². The lowest BCUT2D eigenvalue weighted by Crippen LogP contribution is -2.32. The molecule has 0 aliphatic carbocycles. The lowest BCUT2D eigenvalue weighted by Gasteiger charge is -2.08. The Labute approximate surface area is 88.9 Å². The van der Waals surface area contributed by atoms with Crippen LogP contribution in [0.4, 0.5) is 4.39 Å². The van der Waals surface area contributed by atoms with Gasteiger partial charge in [0.1, 0.15) is 11.9 Å². The molecule has 0 spiro atoms. The Morgan fingerprint density at radius 2 is 2.29 bits per heavy atom. The van der Waals surface area contributed by atoms with Crippen LogP contribution in [0.2, 0.25) is 0 Å². The second-order valence-electron chi connectivity index (χ2n) is 2.85. The average molecular weight is 262 g/mol. The summed E-state index contributed by atoms with van der Waals surface area (Å²) in [5, 5.41) is 8.56. The van der Waals surface area contributed by atoms with Crippen LogP contribution in [0.5, 0.6) is 0 Å². The summed E-state index contributed by atoms with van der Waals surface area (Å²) < 4.78 is 13.7. The predicted octanol–water partition coefficient (Wildman–Crippen LogP) is 1.54. The van der Waals surface area contributed by atoms with E-state index in [1.807, 2.05) is 0 Å². The second-order valence-corrected chi connectivity index (χ2v) is 3.70. The van der Waals surface area contributed by atoms with Crippen LogP contribution in [0.3, 0.4) is 0 Å². The zero-order valence-electron chi connectivity index (χ0n) is 7.21. The van der Waals surface area contributed by atoms with Crippen molar-refractivity contribution in [1.82, 2.24) is 0 Å². The SMILES string of the molecule is N[C@@H](Cc1c(F)cccc1Br)C(=O)O. The molecule has 1 atom stereocenters. The van der Waals surface area contributed by atoms with Gasteiger partial charge in [-0.1, -0.05) is 22.0 Å². The summed E-state index contributed by atoms with van der Waals surface area (Å²) in [4.78, 5) is 10.5. The lowest BCUT2D eigenvalue weighted by molar-refractivity contribution is -0.138. The number of carbonyl (C=O) groups is 1. The van der Waals surface area contributed by atoms with Gasteiger partial charge in [-0.05, 0) is 12.1 Å². The normalized spacial score (nSPS) is 12.5. The van der Waals surface area contributed by atoms with Crippen molar-refractivity contribution in [2.24, 2.45) is 5.73 Å². The number of nitrogens with two attached hydrogens (primary N) is 1. The Morgan fingerprint density at radius 3 is 2.79 bits per heavy atom. The first kappa shape index (κ1) is 11.1. The third kappa shape index (κ3) is 2.52. The van der Waals surface area contributed by atoms with Crippen LogP contribution in [0.1, 0.15) is 5.56 Å². The van der Waals surface area contributed by atoms with Gasteiger partial charge in [0.15, 0.2) is 0 Å². The minimum absolute atomic E-state index is 0.0252. The topological polar surface area (TPSA) is 63.3 Å². The molecule has 1 rings (SSSR count). The average Bonchev–Trinajstić information content (AvgIpc) is 2.11. The Hall–Kier alpha value is -0.940. The van der Waals surface area contributed by atoms with Crippen LogP contribution in [0.25, 0.3) is 0 Å². The van der Waals surface area contributed by atoms with Crippen molar-refractivity contribution in [2.75, 3.05) is 0 Å². The Morgan fingerprint density at radius 1 is 1.64 bits per heavy atom. The zero-order valence-corrected chi connectivity index (χ0v) is 8.79. The molecule has 0 unspecified atom stereocenters. The maximum absolute atomic E-state index is 13.2. The molecule has 0 amide bonds. The summed E-state index contributed by atoms with van der Waals surface area (Å²) in [5.41, 5.74) is 5.59. The lowest BCUT2D eigenvalue weighted by atomic mass is 10.1. The number of carboxylic acid groups (broad SMARTS) is 1. The molecule has 0 saturated carbocycles. The summed E-state index contributed by atoms with van der Waals surface area (Å²) in [5.74, 6) is -1.59. The van der Waals surface area contributed by atoms with E-state index in [0.717, 1.165) is 0 Å². The number of aliphatic carboxylic acids is 1. The molecule has 0 aliphatic rings. The quantitative estimate of drug-likeness (QED) is 0.868. The van der Waals surface area contributed by atoms with Crippen LogP contribution in [-0.4, -0.2) is 17.1 Å². The first-order valence-electron chi connectivity index (χ1n) is 3.93. The molecule has 76 valence electrons. The van der Waals surface area contributed by atoms with Gasteiger partial charge in [0, 0.05) is 16.5 Å². The summed E-state index contributed by atoms with van der Waals surface area (Å²) >= 11 is 3.14. The van der Waals surface area contributed by atoms with E-state index in [2.05, 4.69) is 15.9 Å². The third-order valence-electron chi connectivity index (χ3n) is 1.80. The van der Waals surface area contributed by atoms with E-state index in [1.165, 1.54) is 12.1 Å². The minimum atomic E-state index is -1.14. The van der Waals surface area contributed by atoms with Gasteiger partial charge in [-0.25, -0.2) is 4.39 Å². The number of rotatable bonds is 3. The van der Waals surface area contributed by atoms with Gasteiger partial charge >= 0.3 is 5.97 Å². The molecule has 0 fully saturated rings.